The van der Waals surface area contributed by atoms with Crippen molar-refractivity contribution in [3.05, 3.63) is 68.7 Å². The molecule has 0 aliphatic heterocycles. The Morgan fingerprint density at radius 3 is 2.71 bits per heavy atom. The van der Waals surface area contributed by atoms with Crippen molar-refractivity contribution in [3.8, 4) is 5.75 Å². The van der Waals surface area contributed by atoms with Crippen LogP contribution < -0.4 is 4.74 Å². The van der Waals surface area contributed by atoms with Crippen LogP contribution in [-0.2, 0) is 6.61 Å². The molecule has 2 aromatic rings. The Labute approximate surface area is 124 Å². The van der Waals surface area contributed by atoms with E-state index in [4.69, 9.17) is 21.4 Å². The molecule has 0 aromatic heterocycles. The molecule has 0 radical (unpaired) electrons. The number of carbonyl (C=O) groups is 1. The maximum Gasteiger partial charge on any atom is 0.335 e. The summed E-state index contributed by atoms with van der Waals surface area (Å²) in [6.45, 7) is 0.0175. The first kappa shape index (κ1) is 14.8. The number of carboxylic acid groups (broad SMARTS) is 1. The van der Waals surface area contributed by atoms with E-state index in [-0.39, 0.29) is 28.6 Å². The van der Waals surface area contributed by atoms with Gasteiger partial charge in [0.05, 0.1) is 10.5 Å². The second kappa shape index (κ2) is 6.23. The predicted octanol–water partition coefficient (Wildman–Crippen LogP) is 3.53. The molecule has 0 spiro atoms. The van der Waals surface area contributed by atoms with E-state index in [1.807, 2.05) is 0 Å². The summed E-state index contributed by atoms with van der Waals surface area (Å²) in [5.74, 6) is -0.973. The van der Waals surface area contributed by atoms with Gasteiger partial charge in [-0.15, -0.1) is 0 Å². The van der Waals surface area contributed by atoms with Crippen LogP contribution in [0.3, 0.4) is 0 Å². The minimum absolute atomic E-state index is 0.0175. The quantitative estimate of drug-likeness (QED) is 0.674. The number of nitro benzene ring substituents is 1. The molecule has 2 aromatic carbocycles. The SMILES string of the molecule is O=C(O)c1cccc(COc2ccc(Cl)cc2[N+](=O)[O-])c1. The number of benzene rings is 2. The van der Waals surface area contributed by atoms with Gasteiger partial charge in [-0.3, -0.25) is 10.1 Å². The zero-order valence-electron chi connectivity index (χ0n) is 10.7. The molecule has 0 aliphatic carbocycles. The van der Waals surface area contributed by atoms with Gasteiger partial charge in [-0.05, 0) is 29.8 Å². The van der Waals surface area contributed by atoms with Crippen LogP contribution >= 0.6 is 11.6 Å². The summed E-state index contributed by atoms with van der Waals surface area (Å²) in [5, 5.41) is 20.1. The van der Waals surface area contributed by atoms with Gasteiger partial charge in [0.15, 0.2) is 5.75 Å². The van der Waals surface area contributed by atoms with Gasteiger partial charge in [-0.1, -0.05) is 23.7 Å². The second-order valence-electron chi connectivity index (χ2n) is 4.16. The summed E-state index contributed by atoms with van der Waals surface area (Å²) in [5.41, 5.74) is 0.484. The number of hydrogen-bond donors (Lipinski definition) is 1. The smallest absolute Gasteiger partial charge is 0.335 e. The van der Waals surface area contributed by atoms with Crippen molar-refractivity contribution in [1.29, 1.82) is 0 Å². The lowest BCUT2D eigenvalue weighted by molar-refractivity contribution is -0.385. The zero-order chi connectivity index (χ0) is 15.4. The third kappa shape index (κ3) is 3.70. The van der Waals surface area contributed by atoms with E-state index >= 15 is 0 Å². The summed E-state index contributed by atoms with van der Waals surface area (Å²) < 4.78 is 5.38. The number of nitrogens with zero attached hydrogens (tertiary/aromatic N) is 1. The van der Waals surface area contributed by atoms with Gasteiger partial charge in [0.1, 0.15) is 6.61 Å². The molecular formula is C14H10ClNO5. The highest BCUT2D eigenvalue weighted by Crippen LogP contribution is 2.30. The number of carboxylic acids is 1. The molecule has 0 saturated carbocycles. The lowest BCUT2D eigenvalue weighted by atomic mass is 10.1. The topological polar surface area (TPSA) is 89.7 Å². The van der Waals surface area contributed by atoms with E-state index in [9.17, 15) is 14.9 Å². The molecule has 0 atom stereocenters. The molecule has 21 heavy (non-hydrogen) atoms. The minimum Gasteiger partial charge on any atom is -0.482 e. The van der Waals surface area contributed by atoms with Crippen molar-refractivity contribution in [1.82, 2.24) is 0 Å². The van der Waals surface area contributed by atoms with Crippen LogP contribution in [0.5, 0.6) is 5.75 Å². The molecule has 0 unspecified atom stereocenters. The van der Waals surface area contributed by atoms with Gasteiger partial charge in [0.2, 0.25) is 0 Å². The molecule has 2 rings (SSSR count). The Morgan fingerprint density at radius 1 is 1.29 bits per heavy atom. The fraction of sp³-hybridized carbons (Fsp3) is 0.0714. The maximum atomic E-state index is 10.9. The summed E-state index contributed by atoms with van der Waals surface area (Å²) >= 11 is 5.71. The molecule has 0 fully saturated rings. The lowest BCUT2D eigenvalue weighted by Gasteiger charge is -2.07. The lowest BCUT2D eigenvalue weighted by Crippen LogP contribution is -2.01. The van der Waals surface area contributed by atoms with Crippen LogP contribution in [0, 0.1) is 10.1 Å². The van der Waals surface area contributed by atoms with Crippen molar-refractivity contribution < 1.29 is 19.6 Å². The zero-order valence-corrected chi connectivity index (χ0v) is 11.4. The molecule has 6 nitrogen and oxygen atoms in total. The predicted molar refractivity (Wildman–Crippen MR) is 75.8 cm³/mol. The van der Waals surface area contributed by atoms with Gasteiger partial charge in [0.25, 0.3) is 0 Å². The first-order valence-electron chi connectivity index (χ1n) is 5.86. The summed E-state index contributed by atoms with van der Waals surface area (Å²) in [4.78, 5) is 21.2. The maximum absolute atomic E-state index is 10.9. The number of hydrogen-bond acceptors (Lipinski definition) is 4. The highest BCUT2D eigenvalue weighted by atomic mass is 35.5. The van der Waals surface area contributed by atoms with Crippen LogP contribution in [0.25, 0.3) is 0 Å². The van der Waals surface area contributed by atoms with Crippen LogP contribution in [0.15, 0.2) is 42.5 Å². The number of halogens is 1. The third-order valence-corrected chi connectivity index (χ3v) is 2.92. The third-order valence-electron chi connectivity index (χ3n) is 2.69. The van der Waals surface area contributed by atoms with E-state index in [2.05, 4.69) is 0 Å². The first-order valence-corrected chi connectivity index (χ1v) is 6.24. The Hall–Kier alpha value is -2.60. The largest absolute Gasteiger partial charge is 0.482 e. The van der Waals surface area contributed by atoms with Gasteiger partial charge in [0, 0.05) is 11.1 Å². The van der Waals surface area contributed by atoms with Crippen LogP contribution in [0.1, 0.15) is 15.9 Å². The Morgan fingerprint density at radius 2 is 2.05 bits per heavy atom. The van der Waals surface area contributed by atoms with Crippen LogP contribution in [-0.4, -0.2) is 16.0 Å². The van der Waals surface area contributed by atoms with Crippen molar-refractivity contribution in [2.75, 3.05) is 0 Å². The van der Waals surface area contributed by atoms with E-state index in [0.717, 1.165) is 0 Å². The number of rotatable bonds is 5. The molecular weight excluding hydrogens is 298 g/mol. The molecule has 0 aliphatic rings. The first-order chi connectivity index (χ1) is 9.97. The summed E-state index contributed by atoms with van der Waals surface area (Å²) in [6, 6.07) is 10.2. The van der Waals surface area contributed by atoms with E-state index in [0.29, 0.717) is 5.56 Å². The molecule has 0 heterocycles. The Balaban J connectivity index is 2.18. The minimum atomic E-state index is -1.05. The Kier molecular flexibility index (Phi) is 4.39. The molecule has 0 saturated heterocycles. The fourth-order valence-corrected chi connectivity index (χ4v) is 1.88. The number of aromatic carboxylic acids is 1. The molecule has 108 valence electrons. The molecule has 1 N–H and O–H groups in total. The average Bonchev–Trinajstić information content (AvgIpc) is 2.46. The van der Waals surface area contributed by atoms with Gasteiger partial charge in [-0.25, -0.2) is 4.79 Å². The normalized spacial score (nSPS) is 10.1. The number of ether oxygens (including phenoxy) is 1. The van der Waals surface area contributed by atoms with E-state index < -0.39 is 10.9 Å². The standard InChI is InChI=1S/C14H10ClNO5/c15-11-4-5-13(12(7-11)16(19)20)21-8-9-2-1-3-10(6-9)14(17)18/h1-7H,8H2,(H,17,18). The monoisotopic (exact) mass is 307 g/mol. The molecule has 7 heteroatoms. The second-order valence-corrected chi connectivity index (χ2v) is 4.60. The van der Waals surface area contributed by atoms with Crippen LogP contribution in [0.4, 0.5) is 5.69 Å². The van der Waals surface area contributed by atoms with Gasteiger partial charge < -0.3 is 9.84 Å². The summed E-state index contributed by atoms with van der Waals surface area (Å²) in [6.07, 6.45) is 0. The Bertz CT molecular complexity index is 702. The van der Waals surface area contributed by atoms with E-state index in [1.54, 1.807) is 12.1 Å². The van der Waals surface area contributed by atoms with Gasteiger partial charge >= 0.3 is 11.7 Å². The molecule has 0 amide bonds. The van der Waals surface area contributed by atoms with Crippen molar-refractivity contribution in [2.45, 2.75) is 6.61 Å². The van der Waals surface area contributed by atoms with Crippen molar-refractivity contribution in [2.24, 2.45) is 0 Å². The fourth-order valence-electron chi connectivity index (χ4n) is 1.71. The van der Waals surface area contributed by atoms with Gasteiger partial charge in [-0.2, -0.15) is 0 Å². The van der Waals surface area contributed by atoms with Crippen molar-refractivity contribution in [3.63, 3.8) is 0 Å². The summed E-state index contributed by atoms with van der Waals surface area (Å²) in [7, 11) is 0. The van der Waals surface area contributed by atoms with E-state index in [1.165, 1.54) is 30.3 Å². The van der Waals surface area contributed by atoms with Crippen LogP contribution in [0.2, 0.25) is 5.02 Å². The van der Waals surface area contributed by atoms with Crippen molar-refractivity contribution >= 4 is 23.3 Å². The molecule has 0 bridgehead atoms. The highest BCUT2D eigenvalue weighted by Gasteiger charge is 2.15. The average molecular weight is 308 g/mol. The number of nitro groups is 1. The highest BCUT2D eigenvalue weighted by molar-refractivity contribution is 6.30.